The quantitative estimate of drug-likeness (QED) is 0.648. The van der Waals surface area contributed by atoms with Gasteiger partial charge >= 0.3 is 0 Å². The molecule has 3 rings (SSSR count). The van der Waals surface area contributed by atoms with Crippen molar-refractivity contribution in [2.75, 3.05) is 13.1 Å². The number of ether oxygens (including phenoxy) is 1. The molecule has 140 valence electrons. The summed E-state index contributed by atoms with van der Waals surface area (Å²) in [4.78, 5) is -0.124. The molecule has 2 aromatic carbocycles. The van der Waals surface area contributed by atoms with Gasteiger partial charge in [-0.25, -0.2) is 0 Å². The number of hydrogen-bond acceptors (Lipinski definition) is 5. The second kappa shape index (κ2) is 7.94. The van der Waals surface area contributed by atoms with E-state index < -0.39 is 16.2 Å². The van der Waals surface area contributed by atoms with Crippen molar-refractivity contribution < 1.29 is 22.8 Å². The van der Waals surface area contributed by atoms with Gasteiger partial charge < -0.3 is 15.2 Å². The maximum absolute atomic E-state index is 11.2. The maximum atomic E-state index is 11.2. The molecule has 0 spiro atoms. The van der Waals surface area contributed by atoms with Crippen molar-refractivity contribution in [1.29, 1.82) is 0 Å². The summed E-state index contributed by atoms with van der Waals surface area (Å²) in [5, 5.41) is 14.0. The first-order chi connectivity index (χ1) is 12.3. The molecule has 2 atom stereocenters. The predicted molar refractivity (Wildman–Crippen MR) is 98.3 cm³/mol. The summed E-state index contributed by atoms with van der Waals surface area (Å²) < 4.78 is 37.4. The van der Waals surface area contributed by atoms with Crippen LogP contribution < -0.4 is 10.1 Å². The Morgan fingerprint density at radius 1 is 1.27 bits per heavy atom. The molecular formula is C18H20ClNO5S. The van der Waals surface area contributed by atoms with Crippen LogP contribution >= 0.6 is 11.6 Å². The number of rotatable bonds is 6. The van der Waals surface area contributed by atoms with E-state index in [1.54, 1.807) is 24.3 Å². The highest BCUT2D eigenvalue weighted by molar-refractivity contribution is 7.85. The van der Waals surface area contributed by atoms with E-state index in [1.165, 1.54) is 12.1 Å². The van der Waals surface area contributed by atoms with Crippen LogP contribution in [0.3, 0.4) is 0 Å². The highest BCUT2D eigenvalue weighted by atomic mass is 35.5. The molecule has 1 heterocycles. The lowest BCUT2D eigenvalue weighted by molar-refractivity contribution is 0.146. The number of aliphatic hydroxyl groups excluding tert-OH is 1. The molecule has 0 radical (unpaired) electrons. The van der Waals surface area contributed by atoms with Gasteiger partial charge in [0.05, 0.1) is 11.0 Å². The third kappa shape index (κ3) is 4.75. The van der Waals surface area contributed by atoms with Crippen molar-refractivity contribution >= 4 is 21.7 Å². The lowest BCUT2D eigenvalue weighted by Gasteiger charge is -2.27. The van der Waals surface area contributed by atoms with E-state index in [2.05, 4.69) is 5.32 Å². The molecule has 0 aromatic heterocycles. The normalized spacial score (nSPS) is 18.0. The number of hydrogen-bond donors (Lipinski definition) is 3. The van der Waals surface area contributed by atoms with Crippen molar-refractivity contribution in [3.05, 3.63) is 58.6 Å². The number of benzene rings is 2. The van der Waals surface area contributed by atoms with Crippen molar-refractivity contribution in [3.63, 3.8) is 0 Å². The van der Waals surface area contributed by atoms with Gasteiger partial charge in [-0.2, -0.15) is 8.42 Å². The fourth-order valence-corrected chi connectivity index (χ4v) is 3.67. The molecule has 2 aromatic rings. The Bertz CT molecular complexity index is 887. The molecule has 0 bridgehead atoms. The Labute approximate surface area is 157 Å². The van der Waals surface area contributed by atoms with Crippen LogP contribution in [0.2, 0.25) is 5.02 Å². The Morgan fingerprint density at radius 2 is 2.08 bits per heavy atom. The van der Waals surface area contributed by atoms with Crippen LogP contribution in [-0.4, -0.2) is 37.3 Å². The molecule has 0 saturated heterocycles. The first kappa shape index (κ1) is 19.1. The number of aliphatic hydroxyl groups is 1. The Balaban J connectivity index is 1.53. The average molecular weight is 398 g/mol. The summed E-state index contributed by atoms with van der Waals surface area (Å²) in [6, 6.07) is 11.4. The molecule has 0 amide bonds. The van der Waals surface area contributed by atoms with E-state index in [4.69, 9.17) is 20.9 Å². The van der Waals surface area contributed by atoms with Crippen LogP contribution in [-0.2, 0) is 16.5 Å². The second-order valence-corrected chi connectivity index (χ2v) is 8.11. The molecule has 0 aliphatic carbocycles. The zero-order chi connectivity index (χ0) is 18.7. The van der Waals surface area contributed by atoms with Crippen LogP contribution in [0.4, 0.5) is 0 Å². The zero-order valence-electron chi connectivity index (χ0n) is 13.9. The molecule has 8 heteroatoms. The van der Waals surface area contributed by atoms with E-state index in [1.807, 2.05) is 6.07 Å². The number of nitrogens with one attached hydrogen (secondary N) is 1. The average Bonchev–Trinajstić information content (AvgIpc) is 2.60. The first-order valence-electron chi connectivity index (χ1n) is 8.24. The van der Waals surface area contributed by atoms with E-state index in [9.17, 15) is 13.5 Å². The van der Waals surface area contributed by atoms with Crippen LogP contribution in [0.1, 0.15) is 23.7 Å². The number of halogens is 1. The van der Waals surface area contributed by atoms with Gasteiger partial charge in [0.15, 0.2) is 0 Å². The molecule has 1 aliphatic heterocycles. The highest BCUT2D eigenvalue weighted by Gasteiger charge is 2.22. The number of aryl methyl sites for hydroxylation is 1. The summed E-state index contributed by atoms with van der Waals surface area (Å²) in [5.41, 5.74) is 1.51. The molecule has 1 aliphatic rings. The molecule has 0 fully saturated rings. The van der Waals surface area contributed by atoms with Crippen LogP contribution in [0.5, 0.6) is 5.75 Å². The van der Waals surface area contributed by atoms with Crippen molar-refractivity contribution in [3.8, 4) is 5.75 Å². The number of fused-ring (bicyclic) bond motifs is 1. The lowest BCUT2D eigenvalue weighted by Crippen LogP contribution is -2.36. The highest BCUT2D eigenvalue weighted by Crippen LogP contribution is 2.29. The summed E-state index contributed by atoms with van der Waals surface area (Å²) in [5.74, 6) is 0.617. The van der Waals surface area contributed by atoms with E-state index in [0.29, 0.717) is 36.7 Å². The Morgan fingerprint density at radius 3 is 2.81 bits per heavy atom. The van der Waals surface area contributed by atoms with Crippen LogP contribution in [0.15, 0.2) is 47.4 Å². The Hall–Kier alpha value is -1.64. The third-order valence-electron chi connectivity index (χ3n) is 4.30. The third-order valence-corrected chi connectivity index (χ3v) is 5.39. The van der Waals surface area contributed by atoms with Crippen molar-refractivity contribution in [1.82, 2.24) is 5.32 Å². The summed E-state index contributed by atoms with van der Waals surface area (Å²) in [6.45, 7) is 0.922. The van der Waals surface area contributed by atoms with Gasteiger partial charge in [-0.05, 0) is 54.3 Å². The minimum atomic E-state index is -4.21. The topological polar surface area (TPSA) is 95.9 Å². The van der Waals surface area contributed by atoms with Gasteiger partial charge in [-0.3, -0.25) is 4.55 Å². The lowest BCUT2D eigenvalue weighted by atomic mass is 10.0. The van der Waals surface area contributed by atoms with Gasteiger partial charge in [0.2, 0.25) is 0 Å². The van der Waals surface area contributed by atoms with Crippen molar-refractivity contribution in [2.24, 2.45) is 0 Å². The molecule has 0 saturated carbocycles. The zero-order valence-corrected chi connectivity index (χ0v) is 15.5. The van der Waals surface area contributed by atoms with E-state index in [0.717, 1.165) is 11.1 Å². The largest absolute Gasteiger partial charge is 0.489 e. The SMILES string of the molecule is O=S(=O)(O)c1ccc2c(c1)CCC(CNC[C@H](O)c1cccc(Cl)c1)O2. The molecular weight excluding hydrogens is 378 g/mol. The van der Waals surface area contributed by atoms with E-state index >= 15 is 0 Å². The van der Waals surface area contributed by atoms with E-state index in [-0.39, 0.29) is 11.0 Å². The molecule has 26 heavy (non-hydrogen) atoms. The molecule has 1 unspecified atom stereocenters. The molecule has 3 N–H and O–H groups in total. The van der Waals surface area contributed by atoms with Gasteiger partial charge in [-0.15, -0.1) is 0 Å². The Kier molecular flexibility index (Phi) is 5.84. The fraction of sp³-hybridized carbons (Fsp3) is 0.333. The second-order valence-electron chi connectivity index (χ2n) is 6.25. The van der Waals surface area contributed by atoms with Gasteiger partial charge in [-0.1, -0.05) is 23.7 Å². The smallest absolute Gasteiger partial charge is 0.294 e. The fourth-order valence-electron chi connectivity index (χ4n) is 2.94. The first-order valence-corrected chi connectivity index (χ1v) is 10.1. The van der Waals surface area contributed by atoms with Gasteiger partial charge in [0, 0.05) is 18.1 Å². The summed E-state index contributed by atoms with van der Waals surface area (Å²) >= 11 is 5.93. The maximum Gasteiger partial charge on any atom is 0.294 e. The van der Waals surface area contributed by atoms with Gasteiger partial charge in [0.25, 0.3) is 10.1 Å². The summed E-state index contributed by atoms with van der Waals surface area (Å²) in [7, 11) is -4.21. The van der Waals surface area contributed by atoms with Crippen LogP contribution in [0.25, 0.3) is 0 Å². The standard InChI is InChI=1S/C18H20ClNO5S/c19-14-3-1-2-12(8-14)17(21)11-20-10-15-5-4-13-9-16(26(22,23)24)6-7-18(13)25-15/h1-3,6-9,15,17,20-21H,4-5,10-11H2,(H,22,23,24)/t15?,17-/m0/s1. The summed E-state index contributed by atoms with van der Waals surface area (Å²) in [6.07, 6.45) is 0.622. The minimum absolute atomic E-state index is 0.0781. The molecule has 6 nitrogen and oxygen atoms in total. The van der Waals surface area contributed by atoms with Gasteiger partial charge in [0.1, 0.15) is 11.9 Å². The van der Waals surface area contributed by atoms with Crippen molar-refractivity contribution in [2.45, 2.75) is 29.9 Å². The van der Waals surface area contributed by atoms with Crippen LogP contribution in [0, 0.1) is 0 Å². The minimum Gasteiger partial charge on any atom is -0.489 e. The monoisotopic (exact) mass is 397 g/mol. The predicted octanol–water partition coefficient (Wildman–Crippen LogP) is 2.60.